The lowest BCUT2D eigenvalue weighted by molar-refractivity contribution is -0.120. The van der Waals surface area contributed by atoms with E-state index in [1.165, 1.54) is 25.9 Å². The summed E-state index contributed by atoms with van der Waals surface area (Å²) in [4.78, 5) is 13.6. The van der Waals surface area contributed by atoms with Gasteiger partial charge in [0.15, 0.2) is 0 Å². The van der Waals surface area contributed by atoms with Crippen molar-refractivity contribution >= 4 is 5.91 Å². The van der Waals surface area contributed by atoms with Crippen molar-refractivity contribution in [3.05, 3.63) is 0 Å². The number of amides is 1. The number of nitrogens with zero attached hydrogens (tertiary/aromatic N) is 1. The van der Waals surface area contributed by atoms with Gasteiger partial charge in [-0.1, -0.05) is 6.92 Å². The molecule has 4 heteroatoms. The number of carbonyl (C=O) groups excluding carboxylic acids is 1. The first kappa shape index (κ1) is 13.5. The van der Waals surface area contributed by atoms with Crippen LogP contribution in [-0.2, 0) is 4.79 Å². The van der Waals surface area contributed by atoms with Crippen molar-refractivity contribution in [3.63, 3.8) is 0 Å². The van der Waals surface area contributed by atoms with Gasteiger partial charge in [0.25, 0.3) is 0 Å². The number of piperidine rings is 1. The average Bonchev–Trinajstić information content (AvgIpc) is 2.23. The number of nitrogens with one attached hydrogen (secondary N) is 2. The quantitative estimate of drug-likeness (QED) is 0.716. The lowest BCUT2D eigenvalue weighted by Crippen LogP contribution is -2.44. The fourth-order valence-electron chi connectivity index (χ4n) is 2.07. The van der Waals surface area contributed by atoms with Crippen molar-refractivity contribution in [3.8, 4) is 0 Å². The Labute approximate surface area is 98.8 Å². The smallest absolute Gasteiger partial charge is 0.233 e. The molecule has 0 aromatic heterocycles. The van der Waals surface area contributed by atoms with Crippen LogP contribution in [0.2, 0.25) is 0 Å². The summed E-state index contributed by atoms with van der Waals surface area (Å²) >= 11 is 0. The van der Waals surface area contributed by atoms with E-state index in [1.807, 2.05) is 6.92 Å². The molecule has 0 bridgehead atoms. The molecular weight excluding hydrogens is 202 g/mol. The van der Waals surface area contributed by atoms with Gasteiger partial charge in [-0.3, -0.25) is 4.79 Å². The number of likely N-dealkylation sites (N-methyl/N-ethyl adjacent to an activating group) is 1. The van der Waals surface area contributed by atoms with E-state index in [4.69, 9.17) is 0 Å². The highest BCUT2D eigenvalue weighted by atomic mass is 16.1. The summed E-state index contributed by atoms with van der Waals surface area (Å²) in [5, 5.41) is 6.06. The highest BCUT2D eigenvalue weighted by Gasteiger charge is 2.28. The van der Waals surface area contributed by atoms with E-state index in [-0.39, 0.29) is 5.91 Å². The van der Waals surface area contributed by atoms with Crippen LogP contribution in [0.15, 0.2) is 0 Å². The molecule has 16 heavy (non-hydrogen) atoms. The summed E-state index contributed by atoms with van der Waals surface area (Å²) in [5.74, 6) is 0.0963. The first-order valence-electron chi connectivity index (χ1n) is 6.22. The van der Waals surface area contributed by atoms with Gasteiger partial charge >= 0.3 is 0 Å². The minimum absolute atomic E-state index is 0.0963. The highest BCUT2D eigenvalue weighted by Crippen LogP contribution is 2.29. The lowest BCUT2D eigenvalue weighted by atomic mass is 9.80. The molecule has 1 saturated heterocycles. The molecule has 0 atom stereocenters. The predicted molar refractivity (Wildman–Crippen MR) is 66.4 cm³/mol. The van der Waals surface area contributed by atoms with Gasteiger partial charge in [0.05, 0.1) is 6.54 Å². The summed E-state index contributed by atoms with van der Waals surface area (Å²) in [6.45, 7) is 8.68. The molecule has 0 saturated carbocycles. The molecule has 2 N–H and O–H groups in total. The van der Waals surface area contributed by atoms with Crippen molar-refractivity contribution < 1.29 is 4.79 Å². The van der Waals surface area contributed by atoms with Crippen molar-refractivity contribution in [2.24, 2.45) is 5.41 Å². The van der Waals surface area contributed by atoms with Crippen LogP contribution in [-0.4, -0.2) is 50.6 Å². The molecular formula is C12H25N3O. The average molecular weight is 227 g/mol. The van der Waals surface area contributed by atoms with Gasteiger partial charge in [-0.25, -0.2) is 0 Å². The van der Waals surface area contributed by atoms with Crippen LogP contribution in [0.4, 0.5) is 0 Å². The Kier molecular flexibility index (Phi) is 5.22. The van der Waals surface area contributed by atoms with Crippen LogP contribution < -0.4 is 10.6 Å². The minimum atomic E-state index is 0.0963. The first-order valence-corrected chi connectivity index (χ1v) is 6.22. The topological polar surface area (TPSA) is 44.4 Å². The third kappa shape index (κ3) is 4.49. The second-order valence-corrected chi connectivity index (χ2v) is 5.17. The molecule has 1 amide bonds. The van der Waals surface area contributed by atoms with E-state index in [1.54, 1.807) is 0 Å². The molecule has 4 nitrogen and oxygen atoms in total. The largest absolute Gasteiger partial charge is 0.355 e. The van der Waals surface area contributed by atoms with Gasteiger partial charge in [-0.15, -0.1) is 0 Å². The summed E-state index contributed by atoms with van der Waals surface area (Å²) in [6, 6.07) is 0. The molecule has 0 spiro atoms. The van der Waals surface area contributed by atoms with E-state index in [2.05, 4.69) is 29.5 Å². The molecule has 94 valence electrons. The maximum Gasteiger partial charge on any atom is 0.233 e. The molecule has 0 aromatic rings. The van der Waals surface area contributed by atoms with Gasteiger partial charge in [-0.05, 0) is 45.3 Å². The summed E-state index contributed by atoms with van der Waals surface area (Å²) in [5.41, 5.74) is 0.360. The third-order valence-electron chi connectivity index (χ3n) is 3.41. The molecule has 1 heterocycles. The van der Waals surface area contributed by atoms with E-state index in [0.29, 0.717) is 18.5 Å². The number of likely N-dealkylation sites (tertiary alicyclic amines) is 1. The Balaban J connectivity index is 2.19. The fourth-order valence-corrected chi connectivity index (χ4v) is 2.07. The van der Waals surface area contributed by atoms with Crippen molar-refractivity contribution in [1.29, 1.82) is 0 Å². The van der Waals surface area contributed by atoms with Crippen LogP contribution in [0.3, 0.4) is 0 Å². The summed E-state index contributed by atoms with van der Waals surface area (Å²) in [7, 11) is 2.17. The van der Waals surface area contributed by atoms with E-state index >= 15 is 0 Å². The monoisotopic (exact) mass is 227 g/mol. The summed E-state index contributed by atoms with van der Waals surface area (Å²) in [6.07, 6.45) is 2.43. The van der Waals surface area contributed by atoms with Gasteiger partial charge in [0.1, 0.15) is 0 Å². The zero-order valence-electron chi connectivity index (χ0n) is 10.8. The maximum atomic E-state index is 11.3. The van der Waals surface area contributed by atoms with Gasteiger partial charge in [0.2, 0.25) is 5.91 Å². The van der Waals surface area contributed by atoms with Crippen LogP contribution >= 0.6 is 0 Å². The van der Waals surface area contributed by atoms with E-state index in [0.717, 1.165) is 6.54 Å². The van der Waals surface area contributed by atoms with Crippen LogP contribution in [0.1, 0.15) is 26.7 Å². The number of carbonyl (C=O) groups is 1. The fraction of sp³-hybridized carbons (Fsp3) is 0.917. The van der Waals surface area contributed by atoms with Crippen molar-refractivity contribution in [2.45, 2.75) is 26.7 Å². The van der Waals surface area contributed by atoms with Crippen LogP contribution in [0.5, 0.6) is 0 Å². The van der Waals surface area contributed by atoms with E-state index in [9.17, 15) is 4.79 Å². The maximum absolute atomic E-state index is 11.3. The van der Waals surface area contributed by atoms with Gasteiger partial charge in [-0.2, -0.15) is 0 Å². The minimum Gasteiger partial charge on any atom is -0.355 e. The molecule has 1 fully saturated rings. The third-order valence-corrected chi connectivity index (χ3v) is 3.41. The Hall–Kier alpha value is -0.610. The number of rotatable bonds is 5. The Bertz CT molecular complexity index is 222. The standard InChI is InChI=1S/C12H25N3O/c1-4-14-11(16)9-13-10-12(2)5-7-15(3)8-6-12/h13H,4-10H2,1-3H3,(H,14,16). The molecule has 0 radical (unpaired) electrons. The molecule has 0 aromatic carbocycles. The van der Waals surface area contributed by atoms with Crippen LogP contribution in [0.25, 0.3) is 0 Å². The summed E-state index contributed by atoms with van der Waals surface area (Å²) < 4.78 is 0. The molecule has 1 rings (SSSR count). The first-order chi connectivity index (χ1) is 7.56. The lowest BCUT2D eigenvalue weighted by Gasteiger charge is -2.38. The second kappa shape index (κ2) is 6.21. The zero-order valence-corrected chi connectivity index (χ0v) is 10.8. The Morgan fingerprint density at radius 3 is 2.56 bits per heavy atom. The van der Waals surface area contributed by atoms with E-state index < -0.39 is 0 Å². The second-order valence-electron chi connectivity index (χ2n) is 5.17. The molecule has 0 aliphatic carbocycles. The Morgan fingerprint density at radius 1 is 1.38 bits per heavy atom. The van der Waals surface area contributed by atoms with Crippen molar-refractivity contribution in [2.75, 3.05) is 39.8 Å². The SMILES string of the molecule is CCNC(=O)CNCC1(C)CCN(C)CC1. The normalized spacial score (nSPS) is 20.7. The van der Waals surface area contributed by atoms with Crippen LogP contribution in [0, 0.1) is 5.41 Å². The number of hydrogen-bond donors (Lipinski definition) is 2. The van der Waals surface area contributed by atoms with Crippen molar-refractivity contribution in [1.82, 2.24) is 15.5 Å². The molecule has 0 unspecified atom stereocenters. The van der Waals surface area contributed by atoms with Gasteiger partial charge in [0, 0.05) is 13.1 Å². The highest BCUT2D eigenvalue weighted by molar-refractivity contribution is 5.77. The Morgan fingerprint density at radius 2 is 2.00 bits per heavy atom. The zero-order chi connectivity index (χ0) is 12.0. The number of hydrogen-bond acceptors (Lipinski definition) is 3. The predicted octanol–water partition coefficient (Wildman–Crippen LogP) is 0.444. The molecule has 1 aliphatic heterocycles. The van der Waals surface area contributed by atoms with Gasteiger partial charge < -0.3 is 15.5 Å². The molecule has 1 aliphatic rings.